The van der Waals surface area contributed by atoms with Gasteiger partial charge in [-0.25, -0.2) is 4.79 Å². The third kappa shape index (κ3) is 5.84. The Morgan fingerprint density at radius 1 is 0.941 bits per heavy atom. The molecule has 0 bridgehead atoms. The number of hydrogen-bond donors (Lipinski definition) is 1. The van der Waals surface area contributed by atoms with E-state index in [0.29, 0.717) is 26.1 Å². The minimum Gasteiger partial charge on any atom is -0.338 e. The summed E-state index contributed by atoms with van der Waals surface area (Å²) in [6.45, 7) is 4.68. The smallest absolute Gasteiger partial charge is 0.317 e. The maximum absolute atomic E-state index is 12.7. The van der Waals surface area contributed by atoms with Crippen molar-refractivity contribution in [2.45, 2.75) is 45.8 Å². The first-order valence-electron chi connectivity index (χ1n) is 12.0. The summed E-state index contributed by atoms with van der Waals surface area (Å²) in [7, 11) is 1.82. The second-order valence-corrected chi connectivity index (χ2v) is 8.96. The van der Waals surface area contributed by atoms with Gasteiger partial charge in [-0.1, -0.05) is 79.7 Å². The van der Waals surface area contributed by atoms with Crippen molar-refractivity contribution in [3.8, 4) is 11.1 Å². The summed E-state index contributed by atoms with van der Waals surface area (Å²) in [5.41, 5.74) is 6.82. The van der Waals surface area contributed by atoms with E-state index in [4.69, 9.17) is 0 Å². The van der Waals surface area contributed by atoms with Crippen LogP contribution in [0.25, 0.3) is 11.1 Å². The van der Waals surface area contributed by atoms with Crippen LogP contribution in [0.1, 0.15) is 42.0 Å². The summed E-state index contributed by atoms with van der Waals surface area (Å²) < 4.78 is 0. The van der Waals surface area contributed by atoms with Gasteiger partial charge in [-0.3, -0.25) is 4.79 Å². The standard InChI is InChI=1S/C29H33N3O2/c1-3-22-10-12-23(13-11-22)20-31(2)29(34)30-19-26-7-4-5-8-27(26)25-16-14-24(15-17-25)21-32-18-6-9-28(32)33/h4-5,7-8,10-17H,3,6,9,18-21H2,1-2H3,(H,30,34). The molecule has 4 rings (SSSR count). The van der Waals surface area contributed by atoms with Gasteiger partial charge >= 0.3 is 6.03 Å². The molecule has 0 aliphatic carbocycles. The lowest BCUT2D eigenvalue weighted by molar-refractivity contribution is -0.128. The van der Waals surface area contributed by atoms with Crippen LogP contribution in [0, 0.1) is 0 Å². The van der Waals surface area contributed by atoms with Crippen molar-refractivity contribution < 1.29 is 9.59 Å². The third-order valence-corrected chi connectivity index (χ3v) is 6.45. The average Bonchev–Trinajstić information content (AvgIpc) is 3.27. The van der Waals surface area contributed by atoms with Crippen LogP contribution in [0.3, 0.4) is 0 Å². The zero-order valence-corrected chi connectivity index (χ0v) is 20.1. The number of amides is 3. The number of likely N-dealkylation sites (tertiary alicyclic amines) is 1. The van der Waals surface area contributed by atoms with Gasteiger partial charge in [0, 0.05) is 39.6 Å². The van der Waals surface area contributed by atoms with Crippen molar-refractivity contribution in [2.24, 2.45) is 0 Å². The Kier molecular flexibility index (Phi) is 7.63. The quantitative estimate of drug-likeness (QED) is 0.496. The fourth-order valence-electron chi connectivity index (χ4n) is 4.37. The van der Waals surface area contributed by atoms with Crippen molar-refractivity contribution in [2.75, 3.05) is 13.6 Å². The molecule has 176 valence electrons. The van der Waals surface area contributed by atoms with E-state index in [9.17, 15) is 9.59 Å². The number of carbonyl (C=O) groups excluding carboxylic acids is 2. The van der Waals surface area contributed by atoms with Gasteiger partial charge in [0.1, 0.15) is 0 Å². The topological polar surface area (TPSA) is 52.7 Å². The molecule has 1 heterocycles. The van der Waals surface area contributed by atoms with Gasteiger partial charge in [-0.2, -0.15) is 0 Å². The SMILES string of the molecule is CCc1ccc(CN(C)C(=O)NCc2ccccc2-c2ccc(CN3CCCC3=O)cc2)cc1. The molecule has 5 heteroatoms. The Labute approximate surface area is 202 Å². The van der Waals surface area contributed by atoms with Crippen molar-refractivity contribution in [3.63, 3.8) is 0 Å². The predicted molar refractivity (Wildman–Crippen MR) is 136 cm³/mol. The van der Waals surface area contributed by atoms with Gasteiger partial charge in [0.15, 0.2) is 0 Å². The van der Waals surface area contributed by atoms with Gasteiger partial charge in [0.05, 0.1) is 0 Å². The van der Waals surface area contributed by atoms with E-state index in [2.05, 4.69) is 72.9 Å². The Morgan fingerprint density at radius 2 is 1.62 bits per heavy atom. The summed E-state index contributed by atoms with van der Waals surface area (Å²) in [6.07, 6.45) is 2.63. The number of nitrogens with one attached hydrogen (secondary N) is 1. The Hall–Kier alpha value is -3.60. The molecule has 0 spiro atoms. The number of nitrogens with zero attached hydrogens (tertiary/aromatic N) is 2. The summed E-state index contributed by atoms with van der Waals surface area (Å²) in [5, 5.41) is 3.06. The monoisotopic (exact) mass is 455 g/mol. The van der Waals surface area contributed by atoms with E-state index >= 15 is 0 Å². The molecule has 0 radical (unpaired) electrons. The van der Waals surface area contributed by atoms with Crippen LogP contribution in [0.15, 0.2) is 72.8 Å². The molecule has 0 atom stereocenters. The third-order valence-electron chi connectivity index (χ3n) is 6.45. The van der Waals surface area contributed by atoms with Crippen molar-refractivity contribution in [1.82, 2.24) is 15.1 Å². The Bertz CT molecular complexity index is 1120. The summed E-state index contributed by atoms with van der Waals surface area (Å²) in [5.74, 6) is 0.244. The van der Waals surface area contributed by atoms with Crippen LogP contribution in [-0.4, -0.2) is 35.3 Å². The molecule has 3 aromatic carbocycles. The van der Waals surface area contributed by atoms with Crippen LogP contribution in [0.4, 0.5) is 4.79 Å². The number of hydrogen-bond acceptors (Lipinski definition) is 2. The Balaban J connectivity index is 1.37. The van der Waals surface area contributed by atoms with Crippen LogP contribution in [0.2, 0.25) is 0 Å². The lowest BCUT2D eigenvalue weighted by atomic mass is 9.98. The molecule has 3 amide bonds. The lowest BCUT2D eigenvalue weighted by Crippen LogP contribution is -2.36. The second-order valence-electron chi connectivity index (χ2n) is 8.96. The summed E-state index contributed by atoms with van der Waals surface area (Å²) in [4.78, 5) is 28.2. The highest BCUT2D eigenvalue weighted by Gasteiger charge is 2.20. The largest absolute Gasteiger partial charge is 0.338 e. The molecule has 1 saturated heterocycles. The number of aryl methyl sites for hydroxylation is 1. The first kappa shape index (κ1) is 23.6. The van der Waals surface area contributed by atoms with Crippen molar-refractivity contribution in [1.29, 1.82) is 0 Å². The molecule has 5 nitrogen and oxygen atoms in total. The molecule has 0 unspecified atom stereocenters. The zero-order chi connectivity index (χ0) is 23.9. The van der Waals surface area contributed by atoms with Gasteiger partial charge < -0.3 is 15.1 Å². The molecule has 0 saturated carbocycles. The van der Waals surface area contributed by atoms with Crippen molar-refractivity contribution >= 4 is 11.9 Å². The second kappa shape index (κ2) is 11.0. The normalized spacial score (nSPS) is 13.2. The van der Waals surface area contributed by atoms with E-state index in [-0.39, 0.29) is 11.9 Å². The molecule has 1 aliphatic heterocycles. The van der Waals surface area contributed by atoms with E-state index in [0.717, 1.165) is 47.2 Å². The minimum atomic E-state index is -0.0972. The first-order chi connectivity index (χ1) is 16.5. The molecule has 1 fully saturated rings. The van der Waals surface area contributed by atoms with Crippen molar-refractivity contribution in [3.05, 3.63) is 95.1 Å². The first-order valence-corrected chi connectivity index (χ1v) is 12.0. The highest BCUT2D eigenvalue weighted by molar-refractivity contribution is 5.78. The summed E-state index contributed by atoms with van der Waals surface area (Å²) >= 11 is 0. The van der Waals surface area contributed by atoms with Crippen LogP contribution < -0.4 is 5.32 Å². The van der Waals surface area contributed by atoms with E-state index in [1.54, 1.807) is 4.90 Å². The molecular formula is C29H33N3O2. The lowest BCUT2D eigenvalue weighted by Gasteiger charge is -2.19. The molecule has 1 aliphatic rings. The van der Waals surface area contributed by atoms with E-state index in [1.165, 1.54) is 5.56 Å². The van der Waals surface area contributed by atoms with Crippen LogP contribution >= 0.6 is 0 Å². The van der Waals surface area contributed by atoms with Gasteiger partial charge in [-0.15, -0.1) is 0 Å². The van der Waals surface area contributed by atoms with E-state index in [1.807, 2.05) is 24.1 Å². The van der Waals surface area contributed by atoms with Crippen LogP contribution in [0.5, 0.6) is 0 Å². The van der Waals surface area contributed by atoms with Gasteiger partial charge in [-0.05, 0) is 46.2 Å². The summed E-state index contributed by atoms with van der Waals surface area (Å²) in [6, 6.07) is 24.8. The fraction of sp³-hybridized carbons (Fsp3) is 0.310. The van der Waals surface area contributed by atoms with Gasteiger partial charge in [0.25, 0.3) is 0 Å². The number of benzene rings is 3. The maximum Gasteiger partial charge on any atom is 0.317 e. The highest BCUT2D eigenvalue weighted by Crippen LogP contribution is 2.25. The van der Waals surface area contributed by atoms with Gasteiger partial charge in [0.2, 0.25) is 5.91 Å². The fourth-order valence-corrected chi connectivity index (χ4v) is 4.37. The number of urea groups is 1. The predicted octanol–water partition coefficient (Wildman–Crippen LogP) is 5.38. The molecular weight excluding hydrogens is 422 g/mol. The minimum absolute atomic E-state index is 0.0972. The van der Waals surface area contributed by atoms with Crippen LogP contribution in [-0.2, 0) is 30.8 Å². The maximum atomic E-state index is 12.7. The molecule has 1 N–H and O–H groups in total. The average molecular weight is 456 g/mol. The molecule has 34 heavy (non-hydrogen) atoms. The zero-order valence-electron chi connectivity index (χ0n) is 20.1. The highest BCUT2D eigenvalue weighted by atomic mass is 16.2. The Morgan fingerprint density at radius 3 is 2.29 bits per heavy atom. The molecule has 0 aromatic heterocycles. The van der Waals surface area contributed by atoms with E-state index < -0.39 is 0 Å². The molecule has 3 aromatic rings. The number of carbonyl (C=O) groups is 2. The number of rotatable bonds is 8.